The summed E-state index contributed by atoms with van der Waals surface area (Å²) in [5.74, 6) is 0. The number of likely N-dealkylation sites (N-methyl/N-ethyl adjacent to an activating group) is 1. The van der Waals surface area contributed by atoms with E-state index >= 15 is 0 Å². The molecule has 0 aliphatic heterocycles. The summed E-state index contributed by atoms with van der Waals surface area (Å²) >= 11 is 7.72. The highest BCUT2D eigenvalue weighted by Gasteiger charge is 2.24. The lowest BCUT2D eigenvalue weighted by Crippen LogP contribution is -2.38. The van der Waals surface area contributed by atoms with E-state index < -0.39 is 0 Å². The van der Waals surface area contributed by atoms with Gasteiger partial charge < -0.3 is 5.73 Å². The zero-order valence-corrected chi connectivity index (χ0v) is 14.4. The van der Waals surface area contributed by atoms with Gasteiger partial charge in [0.05, 0.1) is 10.4 Å². The molecular formula is C17H23ClN2S. The predicted octanol–water partition coefficient (Wildman–Crippen LogP) is 4.62. The molecule has 2 rings (SSSR count). The molecule has 1 aromatic heterocycles. The second-order valence-corrected chi connectivity index (χ2v) is 7.31. The van der Waals surface area contributed by atoms with Crippen molar-refractivity contribution < 1.29 is 0 Å². The van der Waals surface area contributed by atoms with Gasteiger partial charge in [0.2, 0.25) is 0 Å². The van der Waals surface area contributed by atoms with Crippen molar-refractivity contribution in [2.45, 2.75) is 38.9 Å². The van der Waals surface area contributed by atoms with Gasteiger partial charge in [-0.1, -0.05) is 48.4 Å². The van der Waals surface area contributed by atoms with Crippen LogP contribution in [0.25, 0.3) is 0 Å². The molecule has 2 aromatic rings. The van der Waals surface area contributed by atoms with E-state index in [4.69, 9.17) is 17.3 Å². The van der Waals surface area contributed by atoms with E-state index in [2.05, 4.69) is 56.1 Å². The van der Waals surface area contributed by atoms with Crippen LogP contribution in [0.5, 0.6) is 0 Å². The summed E-state index contributed by atoms with van der Waals surface area (Å²) in [5.41, 5.74) is 8.97. The molecule has 0 spiro atoms. The Labute approximate surface area is 136 Å². The molecule has 2 nitrogen and oxygen atoms in total. The number of nitrogens with two attached hydrogens (primary N) is 1. The standard InChI is InChI=1S/C17H23ClN2S/c1-4-14(19)17(15-8-9-16(18)21-15)20(3)11-13-7-5-6-12(2)10-13/h5-10,14,17H,4,11,19H2,1-3H3. The van der Waals surface area contributed by atoms with Crippen molar-refractivity contribution in [3.8, 4) is 0 Å². The van der Waals surface area contributed by atoms with Gasteiger partial charge in [0, 0.05) is 17.5 Å². The van der Waals surface area contributed by atoms with Crippen LogP contribution in [0.15, 0.2) is 36.4 Å². The normalized spacial score (nSPS) is 14.4. The SMILES string of the molecule is CCC(N)C(c1ccc(Cl)s1)N(C)Cc1cccc(C)c1. The molecule has 0 aliphatic carbocycles. The maximum absolute atomic E-state index is 6.36. The smallest absolute Gasteiger partial charge is 0.0931 e. The summed E-state index contributed by atoms with van der Waals surface area (Å²) < 4.78 is 0.822. The number of halogens is 1. The molecule has 4 heteroatoms. The molecule has 0 amide bonds. The third-order valence-corrected chi connectivity index (χ3v) is 5.05. The van der Waals surface area contributed by atoms with E-state index in [-0.39, 0.29) is 12.1 Å². The molecule has 0 saturated carbocycles. The number of hydrogen-bond donors (Lipinski definition) is 1. The summed E-state index contributed by atoms with van der Waals surface area (Å²) in [4.78, 5) is 3.56. The van der Waals surface area contributed by atoms with E-state index in [1.165, 1.54) is 16.0 Å². The predicted molar refractivity (Wildman–Crippen MR) is 93.0 cm³/mol. The van der Waals surface area contributed by atoms with Gasteiger partial charge in [0.15, 0.2) is 0 Å². The average molecular weight is 323 g/mol. The Kier molecular flexibility index (Phi) is 5.82. The first-order valence-corrected chi connectivity index (χ1v) is 8.47. The Morgan fingerprint density at radius 2 is 2.05 bits per heavy atom. The zero-order chi connectivity index (χ0) is 15.4. The molecule has 2 atom stereocenters. The lowest BCUT2D eigenvalue weighted by atomic mass is 10.0. The molecule has 1 aromatic carbocycles. The van der Waals surface area contributed by atoms with Gasteiger partial charge in [-0.05, 0) is 38.1 Å². The van der Waals surface area contributed by atoms with Gasteiger partial charge >= 0.3 is 0 Å². The highest BCUT2D eigenvalue weighted by molar-refractivity contribution is 7.16. The van der Waals surface area contributed by atoms with Crippen LogP contribution in [0.3, 0.4) is 0 Å². The summed E-state index contributed by atoms with van der Waals surface area (Å²) in [6.45, 7) is 5.14. The van der Waals surface area contributed by atoms with Crippen LogP contribution in [-0.4, -0.2) is 18.0 Å². The van der Waals surface area contributed by atoms with Crippen LogP contribution in [0.1, 0.15) is 35.4 Å². The molecule has 0 fully saturated rings. The summed E-state index contributed by atoms with van der Waals surface area (Å²) in [6.07, 6.45) is 0.943. The molecule has 1 heterocycles. The highest BCUT2D eigenvalue weighted by Crippen LogP contribution is 2.33. The fourth-order valence-corrected chi connectivity index (χ4v) is 3.97. The van der Waals surface area contributed by atoms with Crippen molar-refractivity contribution in [2.75, 3.05) is 7.05 Å². The number of rotatable bonds is 6. The largest absolute Gasteiger partial charge is 0.326 e. The van der Waals surface area contributed by atoms with E-state index in [1.807, 2.05) is 6.07 Å². The Balaban J connectivity index is 2.20. The molecule has 114 valence electrons. The van der Waals surface area contributed by atoms with Crippen LogP contribution < -0.4 is 5.73 Å². The van der Waals surface area contributed by atoms with Gasteiger partial charge in [-0.2, -0.15) is 0 Å². The molecule has 2 N–H and O–H groups in total. The first kappa shape index (κ1) is 16.5. The van der Waals surface area contributed by atoms with Gasteiger partial charge in [0.1, 0.15) is 0 Å². The minimum Gasteiger partial charge on any atom is -0.326 e. The van der Waals surface area contributed by atoms with Gasteiger partial charge in [0.25, 0.3) is 0 Å². The van der Waals surface area contributed by atoms with Crippen molar-refractivity contribution >= 4 is 22.9 Å². The Morgan fingerprint density at radius 3 is 2.62 bits per heavy atom. The van der Waals surface area contributed by atoms with Gasteiger partial charge in [-0.3, -0.25) is 4.90 Å². The molecule has 0 saturated heterocycles. The lowest BCUT2D eigenvalue weighted by molar-refractivity contribution is 0.205. The Morgan fingerprint density at radius 1 is 1.29 bits per heavy atom. The number of hydrogen-bond acceptors (Lipinski definition) is 3. The van der Waals surface area contributed by atoms with Gasteiger partial charge in [-0.25, -0.2) is 0 Å². The fraction of sp³-hybridized carbons (Fsp3) is 0.412. The van der Waals surface area contributed by atoms with E-state index in [9.17, 15) is 0 Å². The molecule has 0 bridgehead atoms. The van der Waals surface area contributed by atoms with Crippen LogP contribution in [-0.2, 0) is 6.54 Å². The fourth-order valence-electron chi connectivity index (χ4n) is 2.66. The topological polar surface area (TPSA) is 29.3 Å². The van der Waals surface area contributed by atoms with Crippen LogP contribution in [0.2, 0.25) is 4.34 Å². The van der Waals surface area contributed by atoms with Crippen LogP contribution in [0.4, 0.5) is 0 Å². The maximum atomic E-state index is 6.36. The summed E-state index contributed by atoms with van der Waals surface area (Å²) in [7, 11) is 2.14. The quantitative estimate of drug-likeness (QED) is 0.840. The number of nitrogens with zero attached hydrogens (tertiary/aromatic N) is 1. The third kappa shape index (κ3) is 4.30. The van der Waals surface area contributed by atoms with Crippen LogP contribution >= 0.6 is 22.9 Å². The highest BCUT2D eigenvalue weighted by atomic mass is 35.5. The number of thiophene rings is 1. The lowest BCUT2D eigenvalue weighted by Gasteiger charge is -2.31. The third-order valence-electron chi connectivity index (χ3n) is 3.75. The number of aryl methyl sites for hydroxylation is 1. The van der Waals surface area contributed by atoms with E-state index in [0.29, 0.717) is 0 Å². The second kappa shape index (κ2) is 7.41. The monoisotopic (exact) mass is 322 g/mol. The second-order valence-electron chi connectivity index (χ2n) is 5.56. The summed E-state index contributed by atoms with van der Waals surface area (Å²) in [5, 5.41) is 0. The Bertz CT molecular complexity index is 582. The molecule has 21 heavy (non-hydrogen) atoms. The van der Waals surface area contributed by atoms with Crippen molar-refractivity contribution in [3.63, 3.8) is 0 Å². The van der Waals surface area contributed by atoms with Crippen LogP contribution in [0, 0.1) is 6.92 Å². The molecular weight excluding hydrogens is 300 g/mol. The van der Waals surface area contributed by atoms with Crippen molar-refractivity contribution in [1.82, 2.24) is 4.90 Å². The molecule has 2 unspecified atom stereocenters. The zero-order valence-electron chi connectivity index (χ0n) is 12.8. The molecule has 0 radical (unpaired) electrons. The summed E-state index contributed by atoms with van der Waals surface area (Å²) in [6, 6.07) is 13.0. The maximum Gasteiger partial charge on any atom is 0.0931 e. The first-order chi connectivity index (χ1) is 10.0. The van der Waals surface area contributed by atoms with Crippen molar-refractivity contribution in [3.05, 3.63) is 56.7 Å². The minimum absolute atomic E-state index is 0.106. The van der Waals surface area contributed by atoms with Crippen molar-refractivity contribution in [2.24, 2.45) is 5.73 Å². The molecule has 0 aliphatic rings. The first-order valence-electron chi connectivity index (χ1n) is 7.28. The Hall–Kier alpha value is -0.870. The van der Waals surface area contributed by atoms with Gasteiger partial charge in [-0.15, -0.1) is 11.3 Å². The minimum atomic E-state index is 0.106. The van der Waals surface area contributed by atoms with E-state index in [0.717, 1.165) is 17.3 Å². The van der Waals surface area contributed by atoms with Crippen molar-refractivity contribution in [1.29, 1.82) is 0 Å². The average Bonchev–Trinajstić information content (AvgIpc) is 2.85. The number of benzene rings is 1. The van der Waals surface area contributed by atoms with E-state index in [1.54, 1.807) is 11.3 Å².